The van der Waals surface area contributed by atoms with Crippen LogP contribution in [-0.4, -0.2) is 49.4 Å². The number of nitrogens with zero attached hydrogens (tertiary/aromatic N) is 5. The first kappa shape index (κ1) is 21.3. The van der Waals surface area contributed by atoms with Crippen molar-refractivity contribution >= 4 is 50.6 Å². The number of piperidine rings is 1. The molecular formula is C24H25N5OS3. The minimum absolute atomic E-state index is 0.191. The number of carbonyl (C=O) groups is 1. The summed E-state index contributed by atoms with van der Waals surface area (Å²) in [5, 5.41) is 13.1. The van der Waals surface area contributed by atoms with E-state index < -0.39 is 0 Å². The average Bonchev–Trinajstić information content (AvgIpc) is 3.23. The van der Waals surface area contributed by atoms with Crippen LogP contribution in [0.3, 0.4) is 0 Å². The van der Waals surface area contributed by atoms with E-state index >= 15 is 0 Å². The van der Waals surface area contributed by atoms with Crippen molar-refractivity contribution in [2.75, 3.05) is 18.8 Å². The van der Waals surface area contributed by atoms with Gasteiger partial charge in [0, 0.05) is 36.3 Å². The van der Waals surface area contributed by atoms with Crippen molar-refractivity contribution in [2.45, 2.75) is 49.2 Å². The van der Waals surface area contributed by atoms with E-state index in [-0.39, 0.29) is 5.91 Å². The molecule has 0 radical (unpaired) electrons. The Morgan fingerprint density at radius 2 is 2.03 bits per heavy atom. The topological polar surface area (TPSA) is 63.9 Å². The van der Waals surface area contributed by atoms with Crippen LogP contribution < -0.4 is 0 Å². The van der Waals surface area contributed by atoms with Gasteiger partial charge in [0.1, 0.15) is 5.82 Å². The van der Waals surface area contributed by atoms with E-state index in [1.807, 2.05) is 11.0 Å². The Hall–Kier alpha value is -2.23. The number of para-hydroxylation sites is 1. The molecular weight excluding hydrogens is 470 g/mol. The zero-order chi connectivity index (χ0) is 22.2. The van der Waals surface area contributed by atoms with Crippen molar-refractivity contribution in [1.29, 1.82) is 0 Å². The van der Waals surface area contributed by atoms with Crippen LogP contribution in [0.4, 0.5) is 0 Å². The van der Waals surface area contributed by atoms with Gasteiger partial charge >= 0.3 is 0 Å². The third-order valence-corrected chi connectivity index (χ3v) is 9.32. The van der Waals surface area contributed by atoms with Gasteiger partial charge in [-0.1, -0.05) is 30.0 Å². The van der Waals surface area contributed by atoms with Gasteiger partial charge in [0.25, 0.3) is 0 Å². The number of thiophene rings is 1. The highest BCUT2D eigenvalue weighted by Crippen LogP contribution is 2.39. The summed E-state index contributed by atoms with van der Waals surface area (Å²) < 4.78 is 3.50. The smallest absolute Gasteiger partial charge is 0.233 e. The van der Waals surface area contributed by atoms with Gasteiger partial charge in [0.05, 0.1) is 21.0 Å². The van der Waals surface area contributed by atoms with Crippen LogP contribution in [0.15, 0.2) is 46.9 Å². The number of thioether (sulfide) groups is 1. The van der Waals surface area contributed by atoms with Crippen LogP contribution in [0.5, 0.6) is 0 Å². The Bertz CT molecular complexity index is 1230. The fraction of sp³-hybridized carbons (Fsp3) is 0.417. The Labute approximate surface area is 205 Å². The number of hydrogen-bond acceptors (Lipinski definition) is 7. The van der Waals surface area contributed by atoms with E-state index in [9.17, 15) is 4.79 Å². The monoisotopic (exact) mass is 495 g/mol. The molecule has 0 N–H and O–H groups in total. The van der Waals surface area contributed by atoms with Gasteiger partial charge in [-0.05, 0) is 49.3 Å². The molecule has 1 saturated heterocycles. The summed E-state index contributed by atoms with van der Waals surface area (Å²) in [7, 11) is 0. The van der Waals surface area contributed by atoms with Crippen LogP contribution >= 0.6 is 34.4 Å². The first-order valence-electron chi connectivity index (χ1n) is 11.5. The number of rotatable bonds is 7. The largest absolute Gasteiger partial charge is 0.341 e. The van der Waals surface area contributed by atoms with Crippen LogP contribution in [0.2, 0.25) is 0 Å². The van der Waals surface area contributed by atoms with E-state index in [4.69, 9.17) is 4.98 Å². The van der Waals surface area contributed by atoms with Crippen LogP contribution in [0.25, 0.3) is 10.2 Å². The Morgan fingerprint density at radius 3 is 2.85 bits per heavy atom. The molecule has 0 unspecified atom stereocenters. The lowest BCUT2D eigenvalue weighted by atomic mass is 9.99. The summed E-state index contributed by atoms with van der Waals surface area (Å²) in [6.45, 7) is 1.60. The van der Waals surface area contributed by atoms with Crippen molar-refractivity contribution in [3.63, 3.8) is 0 Å². The third-order valence-electron chi connectivity index (χ3n) is 6.32. The lowest BCUT2D eigenvalue weighted by Gasteiger charge is -2.31. The van der Waals surface area contributed by atoms with E-state index in [0.717, 1.165) is 53.9 Å². The number of thiazole rings is 1. The minimum Gasteiger partial charge on any atom is -0.341 e. The quantitative estimate of drug-likeness (QED) is 0.322. The summed E-state index contributed by atoms with van der Waals surface area (Å²) in [5.74, 6) is 1.95. The van der Waals surface area contributed by atoms with Gasteiger partial charge in [0.15, 0.2) is 5.16 Å². The van der Waals surface area contributed by atoms with Gasteiger partial charge in [-0.3, -0.25) is 4.79 Å². The zero-order valence-electron chi connectivity index (χ0n) is 18.2. The molecule has 4 aromatic rings. The van der Waals surface area contributed by atoms with Crippen molar-refractivity contribution in [2.24, 2.45) is 0 Å². The molecule has 0 bridgehead atoms. The fourth-order valence-electron chi connectivity index (χ4n) is 4.48. The number of fused-ring (bicyclic) bond motifs is 1. The predicted octanol–water partition coefficient (Wildman–Crippen LogP) is 5.37. The molecule has 9 heteroatoms. The molecule has 1 amide bonds. The maximum absolute atomic E-state index is 13.1. The van der Waals surface area contributed by atoms with Crippen molar-refractivity contribution in [3.8, 4) is 0 Å². The van der Waals surface area contributed by atoms with E-state index in [0.29, 0.717) is 17.7 Å². The van der Waals surface area contributed by atoms with E-state index in [1.165, 1.54) is 34.2 Å². The zero-order valence-corrected chi connectivity index (χ0v) is 20.7. The van der Waals surface area contributed by atoms with Crippen molar-refractivity contribution < 1.29 is 4.79 Å². The molecule has 4 heterocycles. The minimum atomic E-state index is 0.191. The summed E-state index contributed by atoms with van der Waals surface area (Å²) in [5.41, 5.74) is 1.06. The first-order valence-corrected chi connectivity index (χ1v) is 14.1. The Morgan fingerprint density at radius 1 is 1.12 bits per heavy atom. The van der Waals surface area contributed by atoms with E-state index in [2.05, 4.69) is 50.5 Å². The second-order valence-corrected chi connectivity index (χ2v) is 11.8. The number of amides is 1. The molecule has 6 nitrogen and oxygen atoms in total. The standard InChI is InChI=1S/C24H25N5OS3/c30-22(28-11-3-5-16(14-28)23-25-19-7-1-2-8-20(19)33-23)15-32-24-27-26-21(29(24)17-9-10-17)13-18-6-4-12-31-18/h1-2,4,6-8,12,16-17H,3,5,9-11,13-15H2/t16-/m1/s1. The molecule has 1 aromatic carbocycles. The Balaban J connectivity index is 1.11. The van der Waals surface area contributed by atoms with Gasteiger partial charge in [0.2, 0.25) is 5.91 Å². The molecule has 0 spiro atoms. The molecule has 1 aliphatic carbocycles. The van der Waals surface area contributed by atoms with Crippen LogP contribution in [-0.2, 0) is 11.2 Å². The van der Waals surface area contributed by atoms with Crippen LogP contribution in [0.1, 0.15) is 53.4 Å². The molecule has 6 rings (SSSR count). The number of carbonyl (C=O) groups excluding carboxylic acids is 1. The highest BCUT2D eigenvalue weighted by atomic mass is 32.2. The number of hydrogen-bond donors (Lipinski definition) is 0. The van der Waals surface area contributed by atoms with E-state index in [1.54, 1.807) is 22.7 Å². The first-order chi connectivity index (χ1) is 16.2. The maximum Gasteiger partial charge on any atom is 0.233 e. The maximum atomic E-state index is 13.1. The van der Waals surface area contributed by atoms with Crippen molar-refractivity contribution in [1.82, 2.24) is 24.6 Å². The molecule has 1 aliphatic heterocycles. The van der Waals surface area contributed by atoms with Crippen molar-refractivity contribution in [3.05, 3.63) is 57.5 Å². The second kappa shape index (κ2) is 9.19. The normalized spacial score (nSPS) is 18.8. The number of aromatic nitrogens is 4. The van der Waals surface area contributed by atoms with Gasteiger partial charge in [-0.2, -0.15) is 0 Å². The summed E-state index contributed by atoms with van der Waals surface area (Å²) in [4.78, 5) is 21.3. The summed E-state index contributed by atoms with van der Waals surface area (Å²) >= 11 is 5.06. The van der Waals surface area contributed by atoms with Gasteiger partial charge in [-0.25, -0.2) is 4.98 Å². The Kier molecular flexibility index (Phi) is 5.94. The number of likely N-dealkylation sites (tertiary alicyclic amines) is 1. The van der Waals surface area contributed by atoms with Gasteiger partial charge in [-0.15, -0.1) is 32.9 Å². The summed E-state index contributed by atoms with van der Waals surface area (Å²) in [6, 6.07) is 13.0. The second-order valence-electron chi connectivity index (χ2n) is 8.74. The van der Waals surface area contributed by atoms with Gasteiger partial charge < -0.3 is 9.47 Å². The van der Waals surface area contributed by atoms with Crippen LogP contribution in [0, 0.1) is 0 Å². The predicted molar refractivity (Wildman–Crippen MR) is 134 cm³/mol. The lowest BCUT2D eigenvalue weighted by Crippen LogP contribution is -2.40. The fourth-order valence-corrected chi connectivity index (χ4v) is 7.20. The molecule has 1 saturated carbocycles. The summed E-state index contributed by atoms with van der Waals surface area (Å²) in [6.07, 6.45) is 5.28. The molecule has 3 aromatic heterocycles. The molecule has 170 valence electrons. The molecule has 1 atom stereocenters. The SMILES string of the molecule is O=C(CSc1nnc(Cc2cccs2)n1C1CC1)N1CCC[C@@H](c2nc3ccccc3s2)C1. The molecule has 2 aliphatic rings. The highest BCUT2D eigenvalue weighted by Gasteiger charge is 2.31. The molecule has 2 fully saturated rings. The lowest BCUT2D eigenvalue weighted by molar-refractivity contribution is -0.129. The third kappa shape index (κ3) is 4.58. The number of benzene rings is 1. The average molecular weight is 496 g/mol. The highest BCUT2D eigenvalue weighted by molar-refractivity contribution is 7.99. The molecule has 33 heavy (non-hydrogen) atoms.